The highest BCUT2D eigenvalue weighted by Crippen LogP contribution is 1.95. The molecule has 0 saturated carbocycles. The Hall–Kier alpha value is -1.15. The molecule has 20 heavy (non-hydrogen) atoms. The molecule has 0 aliphatic carbocycles. The minimum absolute atomic E-state index is 0.169. The Balaban J connectivity index is 2.49. The third kappa shape index (κ3) is 6.85. The molecule has 3 atom stereocenters. The number of hydrogen-bond acceptors (Lipinski definition) is 7. The van der Waals surface area contributed by atoms with Crippen LogP contribution in [0.25, 0.3) is 0 Å². The van der Waals surface area contributed by atoms with Crippen molar-refractivity contribution in [2.24, 2.45) is 0 Å². The van der Waals surface area contributed by atoms with Crippen molar-refractivity contribution in [3.63, 3.8) is 0 Å². The molecule has 1 rings (SSSR count). The second kappa shape index (κ2) is 10.6. The average Bonchev–Trinajstić information content (AvgIpc) is 2.48. The zero-order valence-corrected chi connectivity index (χ0v) is 11.6. The lowest BCUT2D eigenvalue weighted by atomic mass is 10.1. The number of aldehydes is 3. The van der Waals surface area contributed by atoms with Gasteiger partial charge in [-0.05, 0) is 19.4 Å². The smallest absolute Gasteiger partial charge is 0.136 e. The van der Waals surface area contributed by atoms with E-state index in [2.05, 4.69) is 21.3 Å². The molecule has 7 heteroatoms. The Morgan fingerprint density at radius 3 is 1.70 bits per heavy atom. The summed E-state index contributed by atoms with van der Waals surface area (Å²) in [4.78, 5) is 32.8. The molecule has 1 saturated heterocycles. The van der Waals surface area contributed by atoms with Crippen LogP contribution in [-0.4, -0.2) is 69.7 Å². The molecule has 0 radical (unpaired) electrons. The number of carbonyl (C=O) groups is 3. The lowest BCUT2D eigenvalue weighted by Gasteiger charge is -2.20. The van der Waals surface area contributed by atoms with Gasteiger partial charge in [-0.1, -0.05) is 0 Å². The molecule has 4 N–H and O–H groups in total. The van der Waals surface area contributed by atoms with Crippen molar-refractivity contribution in [2.45, 2.75) is 31.0 Å². The van der Waals surface area contributed by atoms with Gasteiger partial charge in [0.05, 0.1) is 18.1 Å². The van der Waals surface area contributed by atoms with Crippen molar-refractivity contribution >= 4 is 18.9 Å². The lowest BCUT2D eigenvalue weighted by molar-refractivity contribution is -0.112. The summed E-state index contributed by atoms with van der Waals surface area (Å²) in [6, 6.07) is -0.846. The Bertz CT molecular complexity index is 301. The van der Waals surface area contributed by atoms with E-state index in [1.54, 1.807) is 0 Å². The highest BCUT2D eigenvalue weighted by Gasteiger charge is 2.15. The van der Waals surface area contributed by atoms with Crippen LogP contribution in [0.1, 0.15) is 12.8 Å². The number of hydrogen-bond donors (Lipinski definition) is 4. The molecular formula is C13H24N4O3. The lowest BCUT2D eigenvalue weighted by Crippen LogP contribution is -2.46. The highest BCUT2D eigenvalue weighted by molar-refractivity contribution is 5.62. The topological polar surface area (TPSA) is 99.3 Å². The van der Waals surface area contributed by atoms with Gasteiger partial charge in [-0.2, -0.15) is 0 Å². The maximum absolute atomic E-state index is 11.0. The zero-order chi connectivity index (χ0) is 14.6. The van der Waals surface area contributed by atoms with E-state index in [4.69, 9.17) is 0 Å². The molecule has 0 aromatic heterocycles. The van der Waals surface area contributed by atoms with Crippen molar-refractivity contribution in [3.8, 4) is 0 Å². The van der Waals surface area contributed by atoms with Crippen LogP contribution in [0.4, 0.5) is 0 Å². The summed E-state index contributed by atoms with van der Waals surface area (Å²) in [6.07, 6.45) is 3.72. The number of carbonyl (C=O) groups excluding carboxylic acids is 3. The van der Waals surface area contributed by atoms with E-state index in [-0.39, 0.29) is 18.1 Å². The summed E-state index contributed by atoms with van der Waals surface area (Å²) in [5.74, 6) is 0. The van der Waals surface area contributed by atoms with Gasteiger partial charge in [-0.15, -0.1) is 0 Å². The average molecular weight is 284 g/mol. The van der Waals surface area contributed by atoms with Crippen LogP contribution in [0.15, 0.2) is 0 Å². The maximum atomic E-state index is 11.0. The molecule has 1 aliphatic heterocycles. The normalized spacial score (nSPS) is 30.9. The molecule has 0 bridgehead atoms. The SMILES string of the molecule is O=CC1CCNCCNC(C=O)CC(C=O)NCCN1. The second-order valence-electron chi connectivity index (χ2n) is 4.86. The standard InChI is InChI=1S/C13H24N4O3/c18-8-11-1-2-14-3-4-16-12(9-19)7-13(10-20)17-6-5-15-11/h8-17H,1-7H2. The van der Waals surface area contributed by atoms with Gasteiger partial charge >= 0.3 is 0 Å². The van der Waals surface area contributed by atoms with Crippen molar-refractivity contribution < 1.29 is 14.4 Å². The molecule has 0 aromatic carbocycles. The van der Waals surface area contributed by atoms with Crippen LogP contribution in [0.2, 0.25) is 0 Å². The van der Waals surface area contributed by atoms with Gasteiger partial charge in [0, 0.05) is 26.2 Å². The molecule has 1 aliphatic rings. The molecule has 1 fully saturated rings. The maximum Gasteiger partial charge on any atom is 0.136 e. The minimum atomic E-state index is -0.356. The van der Waals surface area contributed by atoms with Crippen molar-refractivity contribution in [1.29, 1.82) is 0 Å². The summed E-state index contributed by atoms with van der Waals surface area (Å²) in [7, 11) is 0. The van der Waals surface area contributed by atoms with E-state index in [0.29, 0.717) is 26.1 Å². The third-order valence-corrected chi connectivity index (χ3v) is 3.28. The summed E-state index contributed by atoms with van der Waals surface area (Å²) in [5, 5.41) is 12.5. The van der Waals surface area contributed by atoms with E-state index < -0.39 is 0 Å². The van der Waals surface area contributed by atoms with Crippen LogP contribution >= 0.6 is 0 Å². The molecule has 114 valence electrons. The fourth-order valence-electron chi connectivity index (χ4n) is 2.11. The van der Waals surface area contributed by atoms with Crippen LogP contribution in [0, 0.1) is 0 Å². The van der Waals surface area contributed by atoms with E-state index in [1.807, 2.05) is 0 Å². The first-order valence-electron chi connectivity index (χ1n) is 7.07. The van der Waals surface area contributed by atoms with E-state index in [9.17, 15) is 14.4 Å². The second-order valence-corrected chi connectivity index (χ2v) is 4.86. The van der Waals surface area contributed by atoms with Crippen LogP contribution in [0.5, 0.6) is 0 Å². The summed E-state index contributed by atoms with van der Waals surface area (Å²) in [6.45, 7) is 3.29. The molecule has 0 spiro atoms. The molecule has 7 nitrogen and oxygen atoms in total. The van der Waals surface area contributed by atoms with E-state index >= 15 is 0 Å². The highest BCUT2D eigenvalue weighted by atomic mass is 16.1. The molecular weight excluding hydrogens is 260 g/mol. The first-order valence-corrected chi connectivity index (χ1v) is 7.07. The fraction of sp³-hybridized carbons (Fsp3) is 0.769. The predicted octanol–water partition coefficient (Wildman–Crippen LogP) is -2.16. The fourth-order valence-corrected chi connectivity index (χ4v) is 2.11. The van der Waals surface area contributed by atoms with E-state index in [1.165, 1.54) is 0 Å². The molecule has 0 amide bonds. The largest absolute Gasteiger partial charge is 0.315 e. The first kappa shape index (κ1) is 16.9. The predicted molar refractivity (Wildman–Crippen MR) is 75.7 cm³/mol. The summed E-state index contributed by atoms with van der Waals surface area (Å²) in [5.41, 5.74) is 0. The monoisotopic (exact) mass is 284 g/mol. The Morgan fingerprint density at radius 1 is 0.650 bits per heavy atom. The Morgan fingerprint density at radius 2 is 1.15 bits per heavy atom. The van der Waals surface area contributed by atoms with Gasteiger partial charge in [0.15, 0.2) is 0 Å². The van der Waals surface area contributed by atoms with Gasteiger partial charge in [-0.25, -0.2) is 0 Å². The first-order chi connectivity index (χ1) is 9.80. The summed E-state index contributed by atoms with van der Waals surface area (Å²) < 4.78 is 0. The Labute approximate surface area is 119 Å². The number of rotatable bonds is 3. The number of nitrogens with one attached hydrogen (secondary N) is 4. The van der Waals surface area contributed by atoms with Crippen molar-refractivity contribution in [1.82, 2.24) is 21.3 Å². The van der Waals surface area contributed by atoms with Crippen molar-refractivity contribution in [2.75, 3.05) is 32.7 Å². The minimum Gasteiger partial charge on any atom is -0.315 e. The van der Waals surface area contributed by atoms with Crippen LogP contribution in [0.3, 0.4) is 0 Å². The molecule has 3 unspecified atom stereocenters. The molecule has 0 aromatic rings. The van der Waals surface area contributed by atoms with Gasteiger partial charge in [0.2, 0.25) is 0 Å². The van der Waals surface area contributed by atoms with Crippen LogP contribution in [-0.2, 0) is 14.4 Å². The van der Waals surface area contributed by atoms with E-state index in [0.717, 1.165) is 38.4 Å². The molecule has 1 heterocycles. The zero-order valence-electron chi connectivity index (χ0n) is 11.6. The van der Waals surface area contributed by atoms with Gasteiger partial charge in [-0.3, -0.25) is 0 Å². The summed E-state index contributed by atoms with van der Waals surface area (Å²) >= 11 is 0. The third-order valence-electron chi connectivity index (χ3n) is 3.28. The van der Waals surface area contributed by atoms with Crippen molar-refractivity contribution in [3.05, 3.63) is 0 Å². The van der Waals surface area contributed by atoms with Crippen LogP contribution < -0.4 is 21.3 Å². The Kier molecular flexibility index (Phi) is 8.97. The van der Waals surface area contributed by atoms with Gasteiger partial charge < -0.3 is 35.7 Å². The van der Waals surface area contributed by atoms with Gasteiger partial charge in [0.1, 0.15) is 18.9 Å². The van der Waals surface area contributed by atoms with Gasteiger partial charge in [0.25, 0.3) is 0 Å². The quantitative estimate of drug-likeness (QED) is 0.438.